The first kappa shape index (κ1) is 20.6. The molecule has 0 aromatic heterocycles. The molecule has 146 valence electrons. The lowest BCUT2D eigenvalue weighted by Gasteiger charge is -2.26. The summed E-state index contributed by atoms with van der Waals surface area (Å²) in [5.74, 6) is 0.194. The number of ether oxygens (including phenoxy) is 2. The molecule has 0 saturated carbocycles. The van der Waals surface area contributed by atoms with E-state index in [2.05, 4.69) is 5.32 Å². The predicted molar refractivity (Wildman–Crippen MR) is 97.8 cm³/mol. The molecule has 0 aliphatic carbocycles. The van der Waals surface area contributed by atoms with Crippen LogP contribution in [0.3, 0.4) is 0 Å². The molecular formula is C17H28N3O5S+. The third-order valence-corrected chi connectivity index (χ3v) is 6.15. The van der Waals surface area contributed by atoms with E-state index < -0.39 is 10.0 Å². The highest BCUT2D eigenvalue weighted by molar-refractivity contribution is 7.89. The zero-order chi connectivity index (χ0) is 19.0. The van der Waals surface area contributed by atoms with E-state index in [1.54, 1.807) is 13.2 Å². The van der Waals surface area contributed by atoms with Crippen molar-refractivity contribution in [3.63, 3.8) is 0 Å². The maximum Gasteiger partial charge on any atom is 0.279 e. The van der Waals surface area contributed by atoms with Gasteiger partial charge in [-0.25, -0.2) is 8.42 Å². The van der Waals surface area contributed by atoms with Gasteiger partial charge in [-0.2, -0.15) is 4.31 Å². The first-order valence-electron chi connectivity index (χ1n) is 8.77. The van der Waals surface area contributed by atoms with Crippen LogP contribution in [0.25, 0.3) is 0 Å². The number of nitrogens with two attached hydrogens (primary N) is 1. The van der Waals surface area contributed by atoms with Crippen LogP contribution in [-0.2, 0) is 19.6 Å². The molecule has 9 heteroatoms. The van der Waals surface area contributed by atoms with Gasteiger partial charge in [-0.3, -0.25) is 4.79 Å². The van der Waals surface area contributed by atoms with Crippen LogP contribution in [0.4, 0.5) is 5.69 Å². The van der Waals surface area contributed by atoms with Gasteiger partial charge >= 0.3 is 0 Å². The molecule has 2 rings (SSSR count). The zero-order valence-electron chi connectivity index (χ0n) is 15.4. The van der Waals surface area contributed by atoms with Gasteiger partial charge in [0.25, 0.3) is 5.91 Å². The second kappa shape index (κ2) is 9.86. The molecule has 1 aliphatic rings. The monoisotopic (exact) mass is 386 g/mol. The van der Waals surface area contributed by atoms with Gasteiger partial charge in [0.15, 0.2) is 6.54 Å². The molecule has 0 atom stereocenters. The van der Waals surface area contributed by atoms with Gasteiger partial charge < -0.3 is 20.1 Å². The van der Waals surface area contributed by atoms with E-state index in [1.807, 2.05) is 5.32 Å². The summed E-state index contributed by atoms with van der Waals surface area (Å²) >= 11 is 0. The number of anilines is 1. The van der Waals surface area contributed by atoms with Crippen LogP contribution in [0.2, 0.25) is 0 Å². The molecule has 3 N–H and O–H groups in total. The Hall–Kier alpha value is -1.68. The summed E-state index contributed by atoms with van der Waals surface area (Å²) in [4.78, 5) is 12.3. The number of rotatable bonds is 9. The number of sulfonamides is 1. The van der Waals surface area contributed by atoms with Crippen molar-refractivity contribution in [1.29, 1.82) is 0 Å². The third-order valence-electron chi connectivity index (χ3n) is 4.25. The van der Waals surface area contributed by atoms with Gasteiger partial charge in [-0.05, 0) is 31.0 Å². The number of methoxy groups -OCH3 is 2. The highest BCUT2D eigenvalue weighted by Gasteiger charge is 2.27. The van der Waals surface area contributed by atoms with E-state index in [-0.39, 0.29) is 17.3 Å². The van der Waals surface area contributed by atoms with E-state index in [1.165, 1.54) is 23.5 Å². The Kier molecular flexibility index (Phi) is 7.83. The van der Waals surface area contributed by atoms with Gasteiger partial charge in [-0.15, -0.1) is 0 Å². The number of nitrogens with zero attached hydrogens (tertiary/aromatic N) is 1. The van der Waals surface area contributed by atoms with Crippen molar-refractivity contribution in [3.05, 3.63) is 18.2 Å². The molecule has 1 heterocycles. The lowest BCUT2D eigenvalue weighted by Crippen LogP contribution is -2.87. The number of carbonyl (C=O) groups is 1. The van der Waals surface area contributed by atoms with Gasteiger partial charge in [0, 0.05) is 20.2 Å². The van der Waals surface area contributed by atoms with Crippen molar-refractivity contribution >= 4 is 21.6 Å². The summed E-state index contributed by atoms with van der Waals surface area (Å²) in [7, 11) is -0.483. The van der Waals surface area contributed by atoms with E-state index in [9.17, 15) is 13.2 Å². The van der Waals surface area contributed by atoms with Gasteiger partial charge in [0.1, 0.15) is 5.75 Å². The Bertz CT molecular complexity index is 702. The molecule has 0 radical (unpaired) electrons. The van der Waals surface area contributed by atoms with E-state index in [4.69, 9.17) is 9.47 Å². The van der Waals surface area contributed by atoms with Gasteiger partial charge in [-0.1, -0.05) is 6.42 Å². The quantitative estimate of drug-likeness (QED) is 0.583. The maximum absolute atomic E-state index is 12.8. The van der Waals surface area contributed by atoms with E-state index in [0.29, 0.717) is 37.7 Å². The van der Waals surface area contributed by atoms with Crippen LogP contribution in [-0.4, -0.2) is 65.6 Å². The Morgan fingerprint density at radius 2 is 1.96 bits per heavy atom. The SMILES string of the molecule is COCC[NH2+]CC(=O)Nc1cc(S(=O)(=O)N2CCCCC2)ccc1OC. The van der Waals surface area contributed by atoms with Crippen LogP contribution in [0, 0.1) is 0 Å². The summed E-state index contributed by atoms with van der Waals surface area (Å²) in [6.45, 7) is 2.51. The summed E-state index contributed by atoms with van der Waals surface area (Å²) < 4.78 is 37.3. The van der Waals surface area contributed by atoms with Crippen molar-refractivity contribution in [2.45, 2.75) is 24.2 Å². The Morgan fingerprint density at radius 3 is 2.62 bits per heavy atom. The molecule has 8 nitrogen and oxygen atoms in total. The fourth-order valence-corrected chi connectivity index (χ4v) is 4.38. The van der Waals surface area contributed by atoms with Crippen LogP contribution >= 0.6 is 0 Å². The molecule has 26 heavy (non-hydrogen) atoms. The molecule has 1 saturated heterocycles. The van der Waals surface area contributed by atoms with Crippen LogP contribution < -0.4 is 15.4 Å². The van der Waals surface area contributed by atoms with Crippen LogP contribution in [0.5, 0.6) is 5.75 Å². The first-order chi connectivity index (χ1) is 12.5. The summed E-state index contributed by atoms with van der Waals surface area (Å²) in [6, 6.07) is 4.56. The maximum atomic E-state index is 12.8. The number of carbonyl (C=O) groups excluding carboxylic acids is 1. The third kappa shape index (κ3) is 5.41. The number of amides is 1. The molecule has 0 spiro atoms. The molecule has 1 aliphatic heterocycles. The van der Waals surface area contributed by atoms with Gasteiger partial charge in [0.05, 0.1) is 30.8 Å². The Balaban J connectivity index is 2.13. The minimum absolute atomic E-state index is 0.166. The average Bonchev–Trinajstić information content (AvgIpc) is 2.66. The molecule has 0 bridgehead atoms. The van der Waals surface area contributed by atoms with Crippen molar-refractivity contribution in [1.82, 2.24) is 4.31 Å². The number of benzene rings is 1. The Morgan fingerprint density at radius 1 is 1.23 bits per heavy atom. The normalized spacial score (nSPS) is 15.6. The minimum atomic E-state index is -3.57. The second-order valence-electron chi connectivity index (χ2n) is 6.15. The van der Waals surface area contributed by atoms with E-state index >= 15 is 0 Å². The number of quaternary nitrogens is 1. The fourth-order valence-electron chi connectivity index (χ4n) is 2.84. The molecular weight excluding hydrogens is 358 g/mol. The first-order valence-corrected chi connectivity index (χ1v) is 10.2. The molecule has 1 fully saturated rings. The number of hydrogen-bond donors (Lipinski definition) is 2. The van der Waals surface area contributed by atoms with Crippen molar-refractivity contribution in [2.24, 2.45) is 0 Å². The summed E-state index contributed by atoms with van der Waals surface area (Å²) in [5.41, 5.74) is 0.357. The number of hydrogen-bond acceptors (Lipinski definition) is 5. The number of nitrogens with one attached hydrogen (secondary N) is 1. The van der Waals surface area contributed by atoms with Crippen molar-refractivity contribution in [2.75, 3.05) is 52.3 Å². The fraction of sp³-hybridized carbons (Fsp3) is 0.588. The lowest BCUT2D eigenvalue weighted by atomic mass is 10.2. The predicted octanol–water partition coefficient (Wildman–Crippen LogP) is 0.0181. The lowest BCUT2D eigenvalue weighted by molar-refractivity contribution is -0.645. The summed E-state index contributed by atoms with van der Waals surface area (Å²) in [5, 5.41) is 4.55. The van der Waals surface area contributed by atoms with Crippen LogP contribution in [0.1, 0.15) is 19.3 Å². The molecule has 1 aromatic carbocycles. The van der Waals surface area contributed by atoms with Crippen molar-refractivity contribution in [3.8, 4) is 5.75 Å². The topological polar surface area (TPSA) is 102 Å². The van der Waals surface area contributed by atoms with E-state index in [0.717, 1.165) is 19.3 Å². The highest BCUT2D eigenvalue weighted by Crippen LogP contribution is 2.29. The zero-order valence-corrected chi connectivity index (χ0v) is 16.2. The summed E-state index contributed by atoms with van der Waals surface area (Å²) in [6.07, 6.45) is 2.79. The average molecular weight is 386 g/mol. The van der Waals surface area contributed by atoms with Crippen molar-refractivity contribution < 1.29 is 28.0 Å². The van der Waals surface area contributed by atoms with Crippen LogP contribution in [0.15, 0.2) is 23.1 Å². The molecule has 1 amide bonds. The molecule has 1 aromatic rings. The van der Waals surface area contributed by atoms with Gasteiger partial charge in [0.2, 0.25) is 10.0 Å². The highest BCUT2D eigenvalue weighted by atomic mass is 32.2. The minimum Gasteiger partial charge on any atom is -0.495 e. The second-order valence-corrected chi connectivity index (χ2v) is 8.09. The number of piperidine rings is 1. The smallest absolute Gasteiger partial charge is 0.279 e. The Labute approximate surface area is 154 Å². The molecule has 0 unspecified atom stereocenters. The standard InChI is InChI=1S/C17H27N3O5S/c1-24-11-8-18-13-17(21)19-15-12-14(6-7-16(15)25-2)26(22,23)20-9-4-3-5-10-20/h6-7,12,18H,3-5,8-11,13H2,1-2H3,(H,19,21)/p+1. The largest absolute Gasteiger partial charge is 0.495 e.